The van der Waals surface area contributed by atoms with E-state index >= 15 is 0 Å². The van der Waals surface area contributed by atoms with Crippen molar-refractivity contribution in [1.82, 2.24) is 14.4 Å². The highest BCUT2D eigenvalue weighted by atomic mass is 32.2. The Morgan fingerprint density at radius 2 is 2.05 bits per heavy atom. The molecule has 1 heterocycles. The van der Waals surface area contributed by atoms with Crippen molar-refractivity contribution in [1.29, 1.82) is 0 Å². The van der Waals surface area contributed by atoms with Gasteiger partial charge in [0.15, 0.2) is 5.82 Å². The monoisotopic (exact) mass is 311 g/mol. The molecule has 114 valence electrons. The Balaban J connectivity index is 2.24. The van der Waals surface area contributed by atoms with Gasteiger partial charge in [-0.1, -0.05) is 29.4 Å². The molecule has 0 aliphatic rings. The van der Waals surface area contributed by atoms with E-state index in [9.17, 15) is 13.2 Å². The van der Waals surface area contributed by atoms with Crippen LogP contribution in [-0.4, -0.2) is 30.4 Å². The van der Waals surface area contributed by atoms with Gasteiger partial charge in [-0.05, 0) is 19.4 Å². The SMILES string of the molecule is CCS(=O)(=O)NCCn1c(-c2ccccc2C)noc1=O. The number of benzene rings is 1. The van der Waals surface area contributed by atoms with E-state index in [0.717, 1.165) is 11.1 Å². The van der Waals surface area contributed by atoms with E-state index in [1.807, 2.05) is 31.2 Å². The van der Waals surface area contributed by atoms with Crippen LogP contribution in [0.3, 0.4) is 0 Å². The topological polar surface area (TPSA) is 94.2 Å². The fourth-order valence-electron chi connectivity index (χ4n) is 1.90. The van der Waals surface area contributed by atoms with Crippen LogP contribution in [-0.2, 0) is 16.6 Å². The van der Waals surface area contributed by atoms with Gasteiger partial charge in [-0.2, -0.15) is 0 Å². The molecule has 21 heavy (non-hydrogen) atoms. The molecular weight excluding hydrogens is 294 g/mol. The van der Waals surface area contributed by atoms with Crippen molar-refractivity contribution in [2.24, 2.45) is 0 Å². The Labute approximate surface area is 122 Å². The number of nitrogens with one attached hydrogen (secondary N) is 1. The molecule has 7 nitrogen and oxygen atoms in total. The molecule has 2 aromatic rings. The van der Waals surface area contributed by atoms with E-state index in [2.05, 4.69) is 9.88 Å². The van der Waals surface area contributed by atoms with Gasteiger partial charge >= 0.3 is 5.76 Å². The third-order valence-electron chi connectivity index (χ3n) is 3.11. The molecule has 0 aliphatic heterocycles. The average molecular weight is 311 g/mol. The molecular formula is C13H17N3O4S. The molecule has 1 N–H and O–H groups in total. The van der Waals surface area contributed by atoms with Crippen molar-refractivity contribution >= 4 is 10.0 Å². The molecule has 0 atom stereocenters. The summed E-state index contributed by atoms with van der Waals surface area (Å²) in [4.78, 5) is 11.7. The maximum absolute atomic E-state index is 11.7. The van der Waals surface area contributed by atoms with E-state index in [4.69, 9.17) is 4.52 Å². The summed E-state index contributed by atoms with van der Waals surface area (Å²) in [5, 5.41) is 3.78. The van der Waals surface area contributed by atoms with Gasteiger partial charge in [-0.15, -0.1) is 0 Å². The van der Waals surface area contributed by atoms with Crippen molar-refractivity contribution in [2.45, 2.75) is 20.4 Å². The Bertz CT molecular complexity index is 777. The van der Waals surface area contributed by atoms with Crippen molar-refractivity contribution in [2.75, 3.05) is 12.3 Å². The molecule has 8 heteroatoms. The van der Waals surface area contributed by atoms with Crippen LogP contribution < -0.4 is 10.5 Å². The number of rotatable bonds is 6. The zero-order valence-electron chi connectivity index (χ0n) is 11.9. The minimum atomic E-state index is -3.29. The number of aromatic nitrogens is 2. The lowest BCUT2D eigenvalue weighted by molar-refractivity contribution is 0.376. The zero-order chi connectivity index (χ0) is 15.5. The first-order valence-electron chi connectivity index (χ1n) is 6.54. The van der Waals surface area contributed by atoms with Gasteiger partial charge in [0.2, 0.25) is 10.0 Å². The minimum absolute atomic E-state index is 0.00378. The number of hydrogen-bond donors (Lipinski definition) is 1. The molecule has 0 bridgehead atoms. The summed E-state index contributed by atoms with van der Waals surface area (Å²) in [6.07, 6.45) is 0. The predicted molar refractivity (Wildman–Crippen MR) is 78.4 cm³/mol. The second-order valence-electron chi connectivity index (χ2n) is 4.54. The number of aryl methyl sites for hydroxylation is 1. The summed E-state index contributed by atoms with van der Waals surface area (Å²) >= 11 is 0. The summed E-state index contributed by atoms with van der Waals surface area (Å²) in [5.74, 6) is -0.214. The lowest BCUT2D eigenvalue weighted by Crippen LogP contribution is -2.31. The van der Waals surface area contributed by atoms with Crippen molar-refractivity contribution in [3.63, 3.8) is 0 Å². The van der Waals surface area contributed by atoms with Crippen LogP contribution in [0.25, 0.3) is 11.4 Å². The van der Waals surface area contributed by atoms with Crippen molar-refractivity contribution in [3.8, 4) is 11.4 Å². The lowest BCUT2D eigenvalue weighted by atomic mass is 10.1. The van der Waals surface area contributed by atoms with Gasteiger partial charge in [0.05, 0.1) is 5.75 Å². The second-order valence-corrected chi connectivity index (χ2v) is 6.63. The van der Waals surface area contributed by atoms with Crippen molar-refractivity contribution in [3.05, 3.63) is 40.4 Å². The molecule has 0 saturated carbocycles. The fourth-order valence-corrected chi connectivity index (χ4v) is 2.50. The van der Waals surface area contributed by atoms with E-state index < -0.39 is 15.8 Å². The molecule has 0 amide bonds. The van der Waals surface area contributed by atoms with Gasteiger partial charge in [0.25, 0.3) is 0 Å². The molecule has 0 spiro atoms. The highest BCUT2D eigenvalue weighted by Crippen LogP contribution is 2.19. The quantitative estimate of drug-likeness (QED) is 0.849. The highest BCUT2D eigenvalue weighted by Gasteiger charge is 2.15. The van der Waals surface area contributed by atoms with E-state index in [-0.39, 0.29) is 18.8 Å². The number of sulfonamides is 1. The van der Waals surface area contributed by atoms with Crippen LogP contribution in [0.2, 0.25) is 0 Å². The normalized spacial score (nSPS) is 11.7. The van der Waals surface area contributed by atoms with Gasteiger partial charge in [0, 0.05) is 18.7 Å². The standard InChI is InChI=1S/C13H17N3O4S/c1-3-21(18,19)14-8-9-16-12(15-20-13(16)17)11-7-5-4-6-10(11)2/h4-7,14H,3,8-9H2,1-2H3. The average Bonchev–Trinajstić information content (AvgIpc) is 2.81. The Kier molecular flexibility index (Phi) is 4.59. The molecule has 0 saturated heterocycles. The molecule has 1 aromatic carbocycles. The van der Waals surface area contributed by atoms with Crippen LogP contribution >= 0.6 is 0 Å². The molecule has 0 radical (unpaired) electrons. The first kappa shape index (κ1) is 15.5. The Morgan fingerprint density at radius 1 is 1.33 bits per heavy atom. The van der Waals surface area contributed by atoms with Gasteiger partial charge in [-0.25, -0.2) is 17.9 Å². The van der Waals surface area contributed by atoms with Crippen LogP contribution in [0.5, 0.6) is 0 Å². The molecule has 0 aliphatic carbocycles. The minimum Gasteiger partial charge on any atom is -0.295 e. The maximum atomic E-state index is 11.7. The number of hydrogen-bond acceptors (Lipinski definition) is 5. The van der Waals surface area contributed by atoms with Crippen LogP contribution in [0.15, 0.2) is 33.6 Å². The van der Waals surface area contributed by atoms with Gasteiger partial charge in [-0.3, -0.25) is 9.09 Å². The first-order chi connectivity index (χ1) is 9.94. The van der Waals surface area contributed by atoms with E-state index in [1.165, 1.54) is 4.57 Å². The Hall–Kier alpha value is -1.93. The second kappa shape index (κ2) is 6.23. The third-order valence-corrected chi connectivity index (χ3v) is 4.51. The maximum Gasteiger partial charge on any atom is 0.441 e. The summed E-state index contributed by atoms with van der Waals surface area (Å²) in [7, 11) is -3.29. The van der Waals surface area contributed by atoms with Crippen LogP contribution in [0, 0.1) is 6.92 Å². The van der Waals surface area contributed by atoms with E-state index in [0.29, 0.717) is 5.82 Å². The Morgan fingerprint density at radius 3 is 2.71 bits per heavy atom. The van der Waals surface area contributed by atoms with Crippen LogP contribution in [0.1, 0.15) is 12.5 Å². The third kappa shape index (κ3) is 3.59. The molecule has 1 aromatic heterocycles. The largest absolute Gasteiger partial charge is 0.441 e. The summed E-state index contributed by atoms with van der Waals surface area (Å²) in [5.41, 5.74) is 1.73. The number of nitrogens with zero attached hydrogens (tertiary/aromatic N) is 2. The fraction of sp³-hybridized carbons (Fsp3) is 0.385. The zero-order valence-corrected chi connectivity index (χ0v) is 12.7. The smallest absolute Gasteiger partial charge is 0.295 e. The van der Waals surface area contributed by atoms with Crippen LogP contribution in [0.4, 0.5) is 0 Å². The van der Waals surface area contributed by atoms with E-state index in [1.54, 1.807) is 6.92 Å². The van der Waals surface area contributed by atoms with Gasteiger partial charge < -0.3 is 0 Å². The predicted octanol–water partition coefficient (Wildman–Crippen LogP) is 0.751. The summed E-state index contributed by atoms with van der Waals surface area (Å²) in [6.45, 7) is 3.71. The molecule has 0 unspecified atom stereocenters. The highest BCUT2D eigenvalue weighted by molar-refractivity contribution is 7.89. The lowest BCUT2D eigenvalue weighted by Gasteiger charge is -2.07. The summed E-state index contributed by atoms with van der Waals surface area (Å²) in [6, 6.07) is 7.46. The summed E-state index contributed by atoms with van der Waals surface area (Å²) < 4.78 is 31.2. The van der Waals surface area contributed by atoms with Gasteiger partial charge in [0.1, 0.15) is 0 Å². The molecule has 0 fully saturated rings. The first-order valence-corrected chi connectivity index (χ1v) is 8.19. The molecule has 2 rings (SSSR count). The van der Waals surface area contributed by atoms with Crippen molar-refractivity contribution < 1.29 is 12.9 Å².